The molecule has 0 saturated carbocycles. The van der Waals surface area contributed by atoms with Crippen LogP contribution >= 0.6 is 0 Å². The molecular formula is C26H34N2O3. The van der Waals surface area contributed by atoms with Gasteiger partial charge in [-0.25, -0.2) is 0 Å². The van der Waals surface area contributed by atoms with Gasteiger partial charge >= 0.3 is 0 Å². The first kappa shape index (κ1) is 22.9. The van der Waals surface area contributed by atoms with Gasteiger partial charge in [-0.05, 0) is 66.0 Å². The molecule has 31 heavy (non-hydrogen) atoms. The maximum Gasteiger partial charge on any atom is 0.251 e. The molecule has 1 fully saturated rings. The standard InChI is InChI=1S/C26H34N2O3/c1-5-18-6-8-19(9-7-18)20-14-16-28(17-15-20)25(31)23(26(2,3)4)27-24(30)21-10-12-22(29)13-11-21/h6-13,20,23,29H,5,14-17H2,1-4H3,(H,27,30). The number of piperidine rings is 1. The van der Waals surface area contributed by atoms with E-state index in [0.29, 0.717) is 24.6 Å². The van der Waals surface area contributed by atoms with Crippen LogP contribution in [0.2, 0.25) is 0 Å². The van der Waals surface area contributed by atoms with E-state index in [0.717, 1.165) is 19.3 Å². The molecule has 1 aliphatic heterocycles. The number of nitrogens with zero attached hydrogens (tertiary/aromatic N) is 1. The number of amides is 2. The number of aromatic hydroxyl groups is 1. The first-order valence-corrected chi connectivity index (χ1v) is 11.2. The van der Waals surface area contributed by atoms with E-state index in [4.69, 9.17) is 0 Å². The molecule has 0 spiro atoms. The van der Waals surface area contributed by atoms with Crippen LogP contribution in [-0.2, 0) is 11.2 Å². The second kappa shape index (κ2) is 9.54. The van der Waals surface area contributed by atoms with Crippen LogP contribution in [0.4, 0.5) is 0 Å². The van der Waals surface area contributed by atoms with Gasteiger partial charge in [0.2, 0.25) is 5.91 Å². The largest absolute Gasteiger partial charge is 0.508 e. The Hall–Kier alpha value is -2.82. The smallest absolute Gasteiger partial charge is 0.251 e. The van der Waals surface area contributed by atoms with Gasteiger partial charge in [0.05, 0.1) is 0 Å². The summed E-state index contributed by atoms with van der Waals surface area (Å²) in [5.41, 5.74) is 2.69. The second-order valence-electron chi connectivity index (χ2n) is 9.51. The molecule has 166 valence electrons. The third-order valence-corrected chi connectivity index (χ3v) is 6.18. The molecule has 2 aromatic carbocycles. The number of aryl methyl sites for hydroxylation is 1. The molecule has 5 heteroatoms. The molecule has 1 heterocycles. The van der Waals surface area contributed by atoms with E-state index in [1.807, 2.05) is 25.7 Å². The maximum atomic E-state index is 13.4. The van der Waals surface area contributed by atoms with Gasteiger partial charge in [0, 0.05) is 18.7 Å². The summed E-state index contributed by atoms with van der Waals surface area (Å²) in [5, 5.41) is 12.4. The van der Waals surface area contributed by atoms with E-state index in [2.05, 4.69) is 36.5 Å². The highest BCUT2D eigenvalue weighted by Crippen LogP contribution is 2.30. The Kier molecular flexibility index (Phi) is 7.04. The van der Waals surface area contributed by atoms with Crippen LogP contribution in [0.15, 0.2) is 48.5 Å². The van der Waals surface area contributed by atoms with Gasteiger partial charge in [0.1, 0.15) is 11.8 Å². The molecule has 0 bridgehead atoms. The lowest BCUT2D eigenvalue weighted by Gasteiger charge is -2.38. The van der Waals surface area contributed by atoms with E-state index < -0.39 is 11.5 Å². The molecule has 0 radical (unpaired) electrons. The molecule has 5 nitrogen and oxygen atoms in total. The molecule has 0 aliphatic carbocycles. The van der Waals surface area contributed by atoms with Crippen molar-refractivity contribution in [3.8, 4) is 5.75 Å². The van der Waals surface area contributed by atoms with Crippen molar-refractivity contribution < 1.29 is 14.7 Å². The summed E-state index contributed by atoms with van der Waals surface area (Å²) in [6.07, 6.45) is 2.90. The zero-order valence-corrected chi connectivity index (χ0v) is 19.0. The summed E-state index contributed by atoms with van der Waals surface area (Å²) < 4.78 is 0. The molecule has 2 N–H and O–H groups in total. The SMILES string of the molecule is CCc1ccc(C2CCN(C(=O)C(NC(=O)c3ccc(O)cc3)C(C)(C)C)CC2)cc1. The number of likely N-dealkylation sites (tertiary alicyclic amines) is 1. The molecule has 0 aromatic heterocycles. The number of nitrogens with one attached hydrogen (secondary N) is 1. The van der Waals surface area contributed by atoms with E-state index in [1.165, 1.54) is 23.3 Å². The highest BCUT2D eigenvalue weighted by atomic mass is 16.3. The summed E-state index contributed by atoms with van der Waals surface area (Å²) >= 11 is 0. The average Bonchev–Trinajstić information content (AvgIpc) is 2.77. The zero-order valence-electron chi connectivity index (χ0n) is 19.0. The van der Waals surface area contributed by atoms with Crippen molar-refractivity contribution >= 4 is 11.8 Å². The van der Waals surface area contributed by atoms with Gasteiger partial charge < -0.3 is 15.3 Å². The molecule has 1 saturated heterocycles. The van der Waals surface area contributed by atoms with E-state index in [1.54, 1.807) is 12.1 Å². The quantitative estimate of drug-likeness (QED) is 0.745. The first-order valence-electron chi connectivity index (χ1n) is 11.2. The van der Waals surface area contributed by atoms with Gasteiger partial charge in [-0.15, -0.1) is 0 Å². The Labute approximate surface area is 185 Å². The number of hydrogen-bond donors (Lipinski definition) is 2. The van der Waals surface area contributed by atoms with Crippen LogP contribution in [0.5, 0.6) is 5.75 Å². The highest BCUT2D eigenvalue weighted by molar-refractivity contribution is 5.97. The predicted molar refractivity (Wildman–Crippen MR) is 123 cm³/mol. The van der Waals surface area contributed by atoms with Crippen LogP contribution < -0.4 is 5.32 Å². The Bertz CT molecular complexity index is 890. The Morgan fingerprint density at radius 2 is 1.61 bits per heavy atom. The van der Waals surface area contributed by atoms with Crippen molar-refractivity contribution in [1.82, 2.24) is 10.2 Å². The van der Waals surface area contributed by atoms with Crippen LogP contribution in [0.1, 0.15) is 67.9 Å². The van der Waals surface area contributed by atoms with Gasteiger partial charge in [0.15, 0.2) is 0 Å². The normalized spacial score (nSPS) is 16.1. The minimum atomic E-state index is -0.616. The van der Waals surface area contributed by atoms with Crippen molar-refractivity contribution in [2.75, 3.05) is 13.1 Å². The van der Waals surface area contributed by atoms with Crippen molar-refractivity contribution in [3.63, 3.8) is 0 Å². The van der Waals surface area contributed by atoms with Gasteiger partial charge in [0.25, 0.3) is 5.91 Å². The van der Waals surface area contributed by atoms with Gasteiger partial charge in [-0.2, -0.15) is 0 Å². The van der Waals surface area contributed by atoms with Gasteiger partial charge in [-0.3, -0.25) is 9.59 Å². The number of phenols is 1. The Balaban J connectivity index is 1.65. The van der Waals surface area contributed by atoms with E-state index in [-0.39, 0.29) is 17.6 Å². The number of rotatable bonds is 5. The number of hydrogen-bond acceptors (Lipinski definition) is 3. The monoisotopic (exact) mass is 422 g/mol. The fourth-order valence-electron chi connectivity index (χ4n) is 4.12. The molecule has 3 rings (SSSR count). The predicted octanol–water partition coefficient (Wildman–Crippen LogP) is 4.51. The number of phenolic OH excluding ortho intramolecular Hbond substituents is 1. The van der Waals surface area contributed by atoms with Crippen molar-refractivity contribution in [2.45, 2.75) is 58.9 Å². The minimum Gasteiger partial charge on any atom is -0.508 e. The fourth-order valence-corrected chi connectivity index (χ4v) is 4.12. The first-order chi connectivity index (χ1) is 14.7. The molecular weight excluding hydrogens is 388 g/mol. The maximum absolute atomic E-state index is 13.4. The van der Waals surface area contributed by atoms with Crippen molar-refractivity contribution in [3.05, 3.63) is 65.2 Å². The third-order valence-electron chi connectivity index (χ3n) is 6.18. The Morgan fingerprint density at radius 3 is 2.13 bits per heavy atom. The van der Waals surface area contributed by atoms with Crippen LogP contribution in [-0.4, -0.2) is 41.0 Å². The average molecular weight is 423 g/mol. The number of benzene rings is 2. The van der Waals surface area contributed by atoms with Crippen LogP contribution in [0, 0.1) is 5.41 Å². The number of carbonyl (C=O) groups excluding carboxylic acids is 2. The summed E-state index contributed by atoms with van der Waals surface area (Å²) in [6.45, 7) is 9.45. The summed E-state index contributed by atoms with van der Waals surface area (Å²) in [7, 11) is 0. The van der Waals surface area contributed by atoms with E-state index in [9.17, 15) is 14.7 Å². The summed E-state index contributed by atoms with van der Waals surface area (Å²) in [4.78, 5) is 28.0. The second-order valence-corrected chi connectivity index (χ2v) is 9.51. The number of carbonyl (C=O) groups is 2. The fraction of sp³-hybridized carbons (Fsp3) is 0.462. The summed E-state index contributed by atoms with van der Waals surface area (Å²) in [5.74, 6) is 0.236. The molecule has 1 aliphatic rings. The van der Waals surface area contributed by atoms with Crippen molar-refractivity contribution in [2.24, 2.45) is 5.41 Å². The molecule has 2 amide bonds. The summed E-state index contributed by atoms with van der Waals surface area (Å²) in [6, 6.07) is 14.3. The Morgan fingerprint density at radius 1 is 1.03 bits per heavy atom. The minimum absolute atomic E-state index is 0.0283. The lowest BCUT2D eigenvalue weighted by atomic mass is 9.84. The lowest BCUT2D eigenvalue weighted by Crippen LogP contribution is -2.56. The van der Waals surface area contributed by atoms with Crippen LogP contribution in [0.25, 0.3) is 0 Å². The van der Waals surface area contributed by atoms with Crippen LogP contribution in [0.3, 0.4) is 0 Å². The topological polar surface area (TPSA) is 69.6 Å². The molecule has 1 atom stereocenters. The lowest BCUT2D eigenvalue weighted by molar-refractivity contribution is -0.136. The van der Waals surface area contributed by atoms with Crippen molar-refractivity contribution in [1.29, 1.82) is 0 Å². The molecule has 2 aromatic rings. The molecule has 1 unspecified atom stereocenters. The van der Waals surface area contributed by atoms with E-state index >= 15 is 0 Å². The highest BCUT2D eigenvalue weighted by Gasteiger charge is 2.37. The third kappa shape index (κ3) is 5.66. The zero-order chi connectivity index (χ0) is 22.6. The van der Waals surface area contributed by atoms with Gasteiger partial charge in [-0.1, -0.05) is 52.0 Å².